The largest absolute Gasteiger partial charge is 0.367 e. The van der Waals surface area contributed by atoms with Crippen molar-refractivity contribution in [2.45, 2.75) is 19.4 Å². The number of nitrogens with two attached hydrogens (primary N) is 1. The molecule has 6 nitrogen and oxygen atoms in total. The Hall–Kier alpha value is -1.69. The summed E-state index contributed by atoms with van der Waals surface area (Å²) < 4.78 is 0. The Morgan fingerprint density at radius 3 is 3.13 bits per heavy atom. The summed E-state index contributed by atoms with van der Waals surface area (Å²) in [5.74, 6) is 0.751. The minimum Gasteiger partial charge on any atom is -0.367 e. The second-order valence-corrected chi connectivity index (χ2v) is 3.37. The van der Waals surface area contributed by atoms with Crippen LogP contribution in [0.15, 0.2) is 12.7 Å². The van der Waals surface area contributed by atoms with Crippen molar-refractivity contribution >= 4 is 17.0 Å². The highest BCUT2D eigenvalue weighted by Gasteiger charge is 2.06. The van der Waals surface area contributed by atoms with Crippen molar-refractivity contribution in [1.82, 2.24) is 19.9 Å². The Morgan fingerprint density at radius 2 is 2.33 bits per heavy atom. The second-order valence-electron chi connectivity index (χ2n) is 3.37. The molecule has 15 heavy (non-hydrogen) atoms. The molecule has 2 aromatic rings. The summed E-state index contributed by atoms with van der Waals surface area (Å²) in [4.78, 5) is 15.2. The zero-order valence-electron chi connectivity index (χ0n) is 8.57. The lowest BCUT2D eigenvalue weighted by Gasteiger charge is -2.10. The van der Waals surface area contributed by atoms with Gasteiger partial charge in [-0.25, -0.2) is 15.0 Å². The second kappa shape index (κ2) is 4.22. The van der Waals surface area contributed by atoms with Gasteiger partial charge in [0, 0.05) is 12.6 Å². The van der Waals surface area contributed by atoms with Crippen LogP contribution in [0.4, 0.5) is 5.82 Å². The molecule has 0 aliphatic carbocycles. The number of H-pyrrole nitrogens is 1. The van der Waals surface area contributed by atoms with Gasteiger partial charge in [0.2, 0.25) is 0 Å². The maximum atomic E-state index is 5.81. The van der Waals surface area contributed by atoms with Crippen molar-refractivity contribution in [1.29, 1.82) is 0 Å². The first-order valence-corrected chi connectivity index (χ1v) is 4.94. The number of hydrogen-bond acceptors (Lipinski definition) is 5. The lowest BCUT2D eigenvalue weighted by molar-refractivity contribution is 0.678. The van der Waals surface area contributed by atoms with Crippen LogP contribution in [0.1, 0.15) is 13.3 Å². The lowest BCUT2D eigenvalue weighted by Crippen LogP contribution is -2.28. The molecule has 2 aromatic heterocycles. The molecule has 0 aromatic carbocycles. The molecule has 0 fully saturated rings. The Bertz CT molecular complexity index is 437. The van der Waals surface area contributed by atoms with Crippen molar-refractivity contribution in [3.05, 3.63) is 12.7 Å². The van der Waals surface area contributed by atoms with Crippen LogP contribution in [0.2, 0.25) is 0 Å². The van der Waals surface area contributed by atoms with Crippen molar-refractivity contribution in [2.24, 2.45) is 5.73 Å². The van der Waals surface area contributed by atoms with Crippen molar-refractivity contribution < 1.29 is 0 Å². The fraction of sp³-hybridized carbons (Fsp3) is 0.444. The predicted molar refractivity (Wildman–Crippen MR) is 58.4 cm³/mol. The van der Waals surface area contributed by atoms with E-state index in [1.54, 1.807) is 6.33 Å². The van der Waals surface area contributed by atoms with Gasteiger partial charge in [-0.2, -0.15) is 0 Å². The van der Waals surface area contributed by atoms with E-state index in [2.05, 4.69) is 32.2 Å². The van der Waals surface area contributed by atoms with E-state index >= 15 is 0 Å². The number of aromatic amines is 1. The van der Waals surface area contributed by atoms with E-state index in [0.717, 1.165) is 17.8 Å². The summed E-state index contributed by atoms with van der Waals surface area (Å²) in [6.07, 6.45) is 4.03. The number of anilines is 1. The highest BCUT2D eigenvalue weighted by Crippen LogP contribution is 2.13. The number of nitrogens with zero attached hydrogens (tertiary/aromatic N) is 3. The SMILES string of the molecule is CCC(N)CNc1ncnc2nc[nH]c12. The van der Waals surface area contributed by atoms with Gasteiger partial charge in [-0.15, -0.1) is 0 Å². The number of rotatable bonds is 4. The Labute approximate surface area is 87.3 Å². The van der Waals surface area contributed by atoms with E-state index in [4.69, 9.17) is 5.73 Å². The van der Waals surface area contributed by atoms with Gasteiger partial charge in [-0.1, -0.05) is 6.92 Å². The number of hydrogen-bond donors (Lipinski definition) is 3. The van der Waals surface area contributed by atoms with Crippen LogP contribution in [0.25, 0.3) is 11.2 Å². The molecule has 4 N–H and O–H groups in total. The summed E-state index contributed by atoms with van der Waals surface area (Å²) in [5, 5.41) is 3.18. The van der Waals surface area contributed by atoms with Crippen LogP contribution in [0, 0.1) is 0 Å². The third-order valence-corrected chi connectivity index (χ3v) is 2.28. The van der Waals surface area contributed by atoms with Crippen LogP contribution < -0.4 is 11.1 Å². The van der Waals surface area contributed by atoms with Crippen LogP contribution >= 0.6 is 0 Å². The maximum Gasteiger partial charge on any atom is 0.182 e. The van der Waals surface area contributed by atoms with E-state index in [1.807, 2.05) is 0 Å². The Morgan fingerprint density at radius 1 is 1.47 bits per heavy atom. The van der Waals surface area contributed by atoms with Crippen LogP contribution in [-0.2, 0) is 0 Å². The third-order valence-electron chi connectivity index (χ3n) is 2.28. The zero-order chi connectivity index (χ0) is 10.7. The molecule has 0 amide bonds. The van der Waals surface area contributed by atoms with Gasteiger partial charge in [0.05, 0.1) is 6.33 Å². The molecule has 1 atom stereocenters. The average Bonchev–Trinajstić information content (AvgIpc) is 2.74. The minimum absolute atomic E-state index is 0.137. The highest BCUT2D eigenvalue weighted by molar-refractivity contribution is 5.81. The standard InChI is InChI=1S/C9H14N6/c1-2-6(10)3-11-8-7-9(13-4-12-7)15-5-14-8/h4-6H,2-3,10H2,1H3,(H2,11,12,13,14,15). The maximum absolute atomic E-state index is 5.81. The quantitative estimate of drug-likeness (QED) is 0.677. The molecule has 0 spiro atoms. The van der Waals surface area contributed by atoms with Crippen LogP contribution in [0.5, 0.6) is 0 Å². The van der Waals surface area contributed by atoms with E-state index < -0.39 is 0 Å². The van der Waals surface area contributed by atoms with E-state index in [-0.39, 0.29) is 6.04 Å². The summed E-state index contributed by atoms with van der Waals surface area (Å²) in [6.45, 7) is 2.75. The molecule has 80 valence electrons. The predicted octanol–water partition coefficient (Wildman–Crippen LogP) is 0.502. The number of imidazole rings is 1. The molecule has 0 saturated heterocycles. The fourth-order valence-corrected chi connectivity index (χ4v) is 1.27. The monoisotopic (exact) mass is 206 g/mol. The van der Waals surface area contributed by atoms with E-state index in [0.29, 0.717) is 12.2 Å². The molecule has 2 heterocycles. The Balaban J connectivity index is 2.17. The molecule has 1 unspecified atom stereocenters. The first-order valence-electron chi connectivity index (χ1n) is 4.94. The van der Waals surface area contributed by atoms with Gasteiger partial charge >= 0.3 is 0 Å². The summed E-state index contributed by atoms with van der Waals surface area (Å²) in [7, 11) is 0. The molecule has 6 heteroatoms. The molecular formula is C9H14N6. The van der Waals surface area contributed by atoms with Crippen molar-refractivity contribution in [3.63, 3.8) is 0 Å². The molecule has 2 rings (SSSR count). The minimum atomic E-state index is 0.137. The van der Waals surface area contributed by atoms with Gasteiger partial charge in [-0.3, -0.25) is 0 Å². The molecule has 0 saturated carbocycles. The van der Waals surface area contributed by atoms with Crippen LogP contribution in [0.3, 0.4) is 0 Å². The van der Waals surface area contributed by atoms with Gasteiger partial charge in [-0.05, 0) is 6.42 Å². The number of nitrogens with one attached hydrogen (secondary N) is 2. The molecule has 0 bridgehead atoms. The topological polar surface area (TPSA) is 92.5 Å². The third kappa shape index (κ3) is 2.04. The number of fused-ring (bicyclic) bond motifs is 1. The van der Waals surface area contributed by atoms with Crippen molar-refractivity contribution in [2.75, 3.05) is 11.9 Å². The lowest BCUT2D eigenvalue weighted by atomic mass is 10.2. The normalized spacial score (nSPS) is 12.9. The average molecular weight is 206 g/mol. The van der Waals surface area contributed by atoms with Crippen LogP contribution in [-0.4, -0.2) is 32.5 Å². The molecule has 0 aliphatic rings. The molecule has 0 radical (unpaired) electrons. The van der Waals surface area contributed by atoms with Crippen molar-refractivity contribution in [3.8, 4) is 0 Å². The number of aromatic nitrogens is 4. The van der Waals surface area contributed by atoms with Gasteiger partial charge < -0.3 is 16.0 Å². The van der Waals surface area contributed by atoms with E-state index in [9.17, 15) is 0 Å². The molecular weight excluding hydrogens is 192 g/mol. The van der Waals surface area contributed by atoms with Gasteiger partial charge in [0.1, 0.15) is 11.8 Å². The zero-order valence-corrected chi connectivity index (χ0v) is 8.57. The van der Waals surface area contributed by atoms with E-state index in [1.165, 1.54) is 6.33 Å². The summed E-state index contributed by atoms with van der Waals surface area (Å²) >= 11 is 0. The summed E-state index contributed by atoms with van der Waals surface area (Å²) in [5.41, 5.74) is 7.29. The summed E-state index contributed by atoms with van der Waals surface area (Å²) in [6, 6.07) is 0.137. The highest BCUT2D eigenvalue weighted by atomic mass is 15.1. The molecule has 0 aliphatic heterocycles. The first kappa shape index (κ1) is 9.85. The first-order chi connectivity index (χ1) is 7.31. The fourth-order valence-electron chi connectivity index (χ4n) is 1.27. The smallest absolute Gasteiger partial charge is 0.182 e. The van der Waals surface area contributed by atoms with Gasteiger partial charge in [0.15, 0.2) is 11.5 Å². The van der Waals surface area contributed by atoms with Gasteiger partial charge in [0.25, 0.3) is 0 Å². The Kier molecular flexibility index (Phi) is 2.77.